The molecular formula is C49H77NO11. The Morgan fingerprint density at radius 2 is 1.54 bits per heavy atom. The maximum Gasteiger partial charge on any atom is 0.407 e. The van der Waals surface area contributed by atoms with Crippen LogP contribution in [0.2, 0.25) is 0 Å². The van der Waals surface area contributed by atoms with E-state index in [9.17, 15) is 14.4 Å². The lowest BCUT2D eigenvalue weighted by Gasteiger charge is -2.58. The van der Waals surface area contributed by atoms with Crippen molar-refractivity contribution < 1.29 is 52.6 Å². The highest BCUT2D eigenvalue weighted by atomic mass is 16.7. The summed E-state index contributed by atoms with van der Waals surface area (Å²) in [6.45, 7) is 17.3. The Balaban J connectivity index is 1.01. The Labute approximate surface area is 366 Å². The van der Waals surface area contributed by atoms with Gasteiger partial charge in [0.1, 0.15) is 19.1 Å². The van der Waals surface area contributed by atoms with E-state index < -0.39 is 24.6 Å². The van der Waals surface area contributed by atoms with Crippen LogP contribution in [0.5, 0.6) is 0 Å². The number of hydrogen-bond donors (Lipinski definition) is 2. The monoisotopic (exact) mass is 856 g/mol. The summed E-state index contributed by atoms with van der Waals surface area (Å²) in [4.78, 5) is 35.3. The maximum atomic E-state index is 12.7. The second kappa shape index (κ2) is 26.5. The van der Waals surface area contributed by atoms with E-state index >= 15 is 0 Å². The normalized spacial score (nSPS) is 27.5. The van der Waals surface area contributed by atoms with Crippen molar-refractivity contribution in [1.29, 1.82) is 0 Å². The van der Waals surface area contributed by atoms with Crippen LogP contribution in [0.1, 0.15) is 131 Å². The van der Waals surface area contributed by atoms with Crippen molar-refractivity contribution in [2.24, 2.45) is 46.3 Å². The van der Waals surface area contributed by atoms with Crippen molar-refractivity contribution in [3.63, 3.8) is 0 Å². The molecule has 0 radical (unpaired) electrons. The summed E-state index contributed by atoms with van der Waals surface area (Å²) in [5, 5.41) is 11.7. The first-order chi connectivity index (χ1) is 29.4. The Morgan fingerprint density at radius 3 is 2.23 bits per heavy atom. The molecule has 4 aliphatic rings. The van der Waals surface area contributed by atoms with Crippen LogP contribution >= 0.6 is 0 Å². The molecule has 9 unspecified atom stereocenters. The molecule has 0 heterocycles. The summed E-state index contributed by atoms with van der Waals surface area (Å²) in [5.74, 6) is 13.9. The van der Waals surface area contributed by atoms with Crippen LogP contribution in [-0.4, -0.2) is 102 Å². The third kappa shape index (κ3) is 16.2. The standard InChI is InChI=1S/C49H77NO11/c1-7-8-9-10-11-25-59-46(61-45(53)35-44(51)52)21-26-55-28-30-57-32-33-58-31-29-56-27-24-50-47(54)60-39-19-22-48(5)38(34-39)15-16-40-42-18-17-41(37(4)14-12-13-36(2)3)49(42,6)23-20-43(40)48/h15,36-37,39-43,46H,9,12-14,16-35H2,1-6H3,(H,50,54)(H,51,52). The molecule has 0 spiro atoms. The fourth-order valence-corrected chi connectivity index (χ4v) is 11.0. The first kappa shape index (κ1) is 50.5. The maximum absolute atomic E-state index is 12.7. The predicted octanol–water partition coefficient (Wildman–Crippen LogP) is 8.36. The average molecular weight is 856 g/mol. The highest BCUT2D eigenvalue weighted by Gasteiger charge is 2.59. The van der Waals surface area contributed by atoms with Crippen LogP contribution in [-0.2, 0) is 42.7 Å². The summed E-state index contributed by atoms with van der Waals surface area (Å²) in [6, 6.07) is 0. The van der Waals surface area contributed by atoms with Crippen molar-refractivity contribution in [3.05, 3.63) is 11.6 Å². The van der Waals surface area contributed by atoms with Gasteiger partial charge in [-0.25, -0.2) is 4.79 Å². The van der Waals surface area contributed by atoms with Gasteiger partial charge in [-0.05, 0) is 98.2 Å². The van der Waals surface area contributed by atoms with Crippen LogP contribution in [0.15, 0.2) is 11.6 Å². The third-order valence-corrected chi connectivity index (χ3v) is 14.0. The number of ether oxygens (including phenoxy) is 7. The lowest BCUT2D eigenvalue weighted by Crippen LogP contribution is -2.51. The van der Waals surface area contributed by atoms with Gasteiger partial charge in [0.05, 0.1) is 59.3 Å². The number of hydrogen-bond acceptors (Lipinski definition) is 10. The molecule has 12 nitrogen and oxygen atoms in total. The Morgan fingerprint density at radius 1 is 0.836 bits per heavy atom. The van der Waals surface area contributed by atoms with Gasteiger partial charge in [0.2, 0.25) is 6.29 Å². The quantitative estimate of drug-likeness (QED) is 0.0216. The van der Waals surface area contributed by atoms with E-state index in [-0.39, 0.29) is 37.2 Å². The van der Waals surface area contributed by atoms with Crippen LogP contribution in [0.25, 0.3) is 0 Å². The minimum atomic E-state index is -1.28. The number of aliphatic carboxylic acids is 1. The smallest absolute Gasteiger partial charge is 0.407 e. The first-order valence-electron chi connectivity index (χ1n) is 23.2. The second-order valence-corrected chi connectivity index (χ2v) is 18.5. The number of carboxylic acids is 1. The molecule has 9 atom stereocenters. The van der Waals surface area contributed by atoms with E-state index in [1.54, 1.807) is 6.92 Å². The van der Waals surface area contributed by atoms with Gasteiger partial charge in [0, 0.05) is 19.4 Å². The zero-order valence-corrected chi connectivity index (χ0v) is 38.2. The summed E-state index contributed by atoms with van der Waals surface area (Å²) >= 11 is 0. The fourth-order valence-electron chi connectivity index (χ4n) is 11.0. The highest BCUT2D eigenvalue weighted by molar-refractivity contribution is 5.90. The molecule has 4 rings (SSSR count). The van der Waals surface area contributed by atoms with Crippen molar-refractivity contribution in [2.45, 2.75) is 144 Å². The van der Waals surface area contributed by atoms with Crippen LogP contribution < -0.4 is 5.32 Å². The van der Waals surface area contributed by atoms with Gasteiger partial charge in [0.15, 0.2) is 0 Å². The largest absolute Gasteiger partial charge is 0.481 e. The van der Waals surface area contributed by atoms with Crippen molar-refractivity contribution in [3.8, 4) is 23.7 Å². The Bertz CT molecular complexity index is 1520. The number of alkyl carbamates (subject to hydrolysis) is 1. The fraction of sp³-hybridized carbons (Fsp3) is 0.816. The summed E-state index contributed by atoms with van der Waals surface area (Å²) in [7, 11) is 0. The molecule has 344 valence electrons. The molecule has 61 heavy (non-hydrogen) atoms. The molecule has 12 heteroatoms. The van der Waals surface area contributed by atoms with Gasteiger partial charge < -0.3 is 43.6 Å². The molecule has 1 amide bonds. The SMILES string of the molecule is CC#CCC#CCOC(CCOCCOCCOCCOCCNC(=O)OC1CCC2(C)C(=CCC3C2CCC2(C)C(C(C)CCCC(C)C)CCC32)C1)OC(=O)CC(=O)O. The third-order valence-electron chi connectivity index (χ3n) is 14.0. The lowest BCUT2D eigenvalue weighted by atomic mass is 9.47. The van der Waals surface area contributed by atoms with Crippen molar-refractivity contribution in [1.82, 2.24) is 5.32 Å². The van der Waals surface area contributed by atoms with Crippen molar-refractivity contribution in [2.75, 3.05) is 66.0 Å². The number of carbonyl (C=O) groups excluding carboxylic acids is 2. The second-order valence-electron chi connectivity index (χ2n) is 18.5. The highest BCUT2D eigenvalue weighted by Crippen LogP contribution is 2.67. The van der Waals surface area contributed by atoms with Crippen molar-refractivity contribution >= 4 is 18.0 Å². The molecular weight excluding hydrogens is 779 g/mol. The number of fused-ring (bicyclic) bond motifs is 5. The number of rotatable bonds is 26. The predicted molar refractivity (Wildman–Crippen MR) is 233 cm³/mol. The van der Waals surface area contributed by atoms with Gasteiger partial charge >= 0.3 is 18.0 Å². The zero-order valence-electron chi connectivity index (χ0n) is 38.2. The zero-order chi connectivity index (χ0) is 44.1. The van der Waals surface area contributed by atoms with E-state index in [0.717, 1.165) is 54.8 Å². The van der Waals surface area contributed by atoms with Gasteiger partial charge in [0.25, 0.3) is 0 Å². The summed E-state index contributed by atoms with van der Waals surface area (Å²) in [5.41, 5.74) is 2.25. The molecule has 4 aliphatic carbocycles. The van der Waals surface area contributed by atoms with Gasteiger partial charge in [-0.15, -0.1) is 5.92 Å². The minimum absolute atomic E-state index is 0.00849. The van der Waals surface area contributed by atoms with E-state index in [0.29, 0.717) is 64.6 Å². The molecule has 0 aromatic heterocycles. The topological polar surface area (TPSA) is 148 Å². The first-order valence-corrected chi connectivity index (χ1v) is 23.2. The molecule has 2 N–H and O–H groups in total. The van der Waals surface area contributed by atoms with Crippen LogP contribution in [0.4, 0.5) is 4.79 Å². The van der Waals surface area contributed by atoms with Gasteiger partial charge in [-0.1, -0.05) is 83.3 Å². The van der Waals surface area contributed by atoms with Crippen LogP contribution in [0.3, 0.4) is 0 Å². The number of allylic oxidation sites excluding steroid dienone is 1. The number of carbonyl (C=O) groups is 3. The number of carboxylic acid groups (broad SMARTS) is 1. The van der Waals surface area contributed by atoms with E-state index in [2.05, 4.69) is 69.7 Å². The lowest BCUT2D eigenvalue weighted by molar-refractivity contribution is -0.181. The minimum Gasteiger partial charge on any atom is -0.481 e. The molecule has 3 fully saturated rings. The van der Waals surface area contributed by atoms with Crippen LogP contribution in [0, 0.1) is 70.0 Å². The molecule has 0 aromatic rings. The van der Waals surface area contributed by atoms with E-state index in [1.165, 1.54) is 56.9 Å². The van der Waals surface area contributed by atoms with Gasteiger partial charge in [-0.3, -0.25) is 9.59 Å². The van der Waals surface area contributed by atoms with E-state index in [1.807, 2.05) is 0 Å². The molecule has 3 saturated carbocycles. The van der Waals surface area contributed by atoms with E-state index in [4.69, 9.17) is 38.3 Å². The molecule has 0 bridgehead atoms. The summed E-state index contributed by atoms with van der Waals surface area (Å²) < 4.78 is 38.7. The van der Waals surface area contributed by atoms with Gasteiger partial charge in [-0.2, -0.15) is 0 Å². The number of nitrogens with one attached hydrogen (secondary N) is 1. The Kier molecular flexibility index (Phi) is 21.9. The number of esters is 1. The molecule has 0 aliphatic heterocycles. The number of amides is 1. The molecule has 0 aromatic carbocycles. The summed E-state index contributed by atoms with van der Waals surface area (Å²) in [6.07, 6.45) is 14.7. The average Bonchev–Trinajstić information content (AvgIpc) is 3.57. The molecule has 0 saturated heterocycles. The Hall–Kier alpha value is -3.13.